The van der Waals surface area contributed by atoms with E-state index in [1.165, 1.54) is 0 Å². The molecular weight excluding hydrogens is 276 g/mol. The standard InChI is InChI=1S/C18H20N2O2/c1-20(2)16-10-8-15(9-11-16)19-18(22)13-12-17(21)14-6-4-3-5-7-14/h3-11H,12-13H2,1-2H3,(H,19,22). The second-order valence-electron chi connectivity index (χ2n) is 5.28. The summed E-state index contributed by atoms with van der Waals surface area (Å²) in [5.74, 6) is -0.166. The summed E-state index contributed by atoms with van der Waals surface area (Å²) in [7, 11) is 3.92. The smallest absolute Gasteiger partial charge is 0.224 e. The number of benzene rings is 2. The quantitative estimate of drug-likeness (QED) is 0.832. The Morgan fingerprint density at radius 2 is 1.55 bits per heavy atom. The third-order valence-corrected chi connectivity index (χ3v) is 3.34. The van der Waals surface area contributed by atoms with E-state index in [4.69, 9.17) is 0 Å². The van der Waals surface area contributed by atoms with Crippen LogP contribution < -0.4 is 10.2 Å². The molecule has 0 aliphatic heterocycles. The average molecular weight is 296 g/mol. The molecule has 0 aliphatic carbocycles. The number of carbonyl (C=O) groups excluding carboxylic acids is 2. The van der Waals surface area contributed by atoms with E-state index >= 15 is 0 Å². The molecule has 0 bridgehead atoms. The fourth-order valence-corrected chi connectivity index (χ4v) is 2.06. The van der Waals surface area contributed by atoms with Crippen molar-refractivity contribution < 1.29 is 9.59 Å². The van der Waals surface area contributed by atoms with Gasteiger partial charge in [-0.3, -0.25) is 9.59 Å². The molecule has 0 spiro atoms. The molecule has 0 unspecified atom stereocenters. The molecule has 0 fully saturated rings. The van der Waals surface area contributed by atoms with Crippen molar-refractivity contribution in [1.82, 2.24) is 0 Å². The van der Waals surface area contributed by atoms with Crippen LogP contribution in [0.3, 0.4) is 0 Å². The normalized spacial score (nSPS) is 10.1. The maximum Gasteiger partial charge on any atom is 0.224 e. The van der Waals surface area contributed by atoms with E-state index in [2.05, 4.69) is 5.32 Å². The Labute approximate surface area is 130 Å². The molecule has 114 valence electrons. The highest BCUT2D eigenvalue weighted by molar-refractivity contribution is 6.00. The minimum absolute atomic E-state index is 0.0151. The molecule has 2 aromatic carbocycles. The van der Waals surface area contributed by atoms with Gasteiger partial charge in [0.05, 0.1) is 0 Å². The van der Waals surface area contributed by atoms with Crippen molar-refractivity contribution in [2.45, 2.75) is 12.8 Å². The summed E-state index contributed by atoms with van der Waals surface area (Å²) in [6.45, 7) is 0. The molecule has 2 aromatic rings. The van der Waals surface area contributed by atoms with E-state index in [0.29, 0.717) is 5.56 Å². The third-order valence-electron chi connectivity index (χ3n) is 3.34. The van der Waals surface area contributed by atoms with Gasteiger partial charge in [-0.05, 0) is 24.3 Å². The zero-order valence-corrected chi connectivity index (χ0v) is 12.9. The van der Waals surface area contributed by atoms with Crippen LogP contribution in [0.2, 0.25) is 0 Å². The summed E-state index contributed by atoms with van der Waals surface area (Å²) < 4.78 is 0. The van der Waals surface area contributed by atoms with E-state index in [1.54, 1.807) is 12.1 Å². The highest BCUT2D eigenvalue weighted by Crippen LogP contribution is 2.16. The van der Waals surface area contributed by atoms with Crippen molar-refractivity contribution in [1.29, 1.82) is 0 Å². The van der Waals surface area contributed by atoms with Crippen LogP contribution in [0.1, 0.15) is 23.2 Å². The lowest BCUT2D eigenvalue weighted by Gasteiger charge is -2.13. The molecule has 0 aliphatic rings. The van der Waals surface area contributed by atoms with Gasteiger partial charge in [-0.1, -0.05) is 30.3 Å². The Balaban J connectivity index is 1.84. The van der Waals surface area contributed by atoms with Gasteiger partial charge in [0.1, 0.15) is 0 Å². The lowest BCUT2D eigenvalue weighted by molar-refractivity contribution is -0.116. The number of anilines is 2. The summed E-state index contributed by atoms with van der Waals surface area (Å²) >= 11 is 0. The lowest BCUT2D eigenvalue weighted by atomic mass is 10.1. The van der Waals surface area contributed by atoms with Crippen molar-refractivity contribution in [2.24, 2.45) is 0 Å². The summed E-state index contributed by atoms with van der Waals surface area (Å²) in [5.41, 5.74) is 2.45. The van der Waals surface area contributed by atoms with Gasteiger partial charge in [0.2, 0.25) is 5.91 Å². The van der Waals surface area contributed by atoms with Crippen LogP contribution in [-0.4, -0.2) is 25.8 Å². The number of hydrogen-bond donors (Lipinski definition) is 1. The van der Waals surface area contributed by atoms with E-state index in [9.17, 15) is 9.59 Å². The number of hydrogen-bond acceptors (Lipinski definition) is 3. The minimum Gasteiger partial charge on any atom is -0.378 e. The molecule has 0 atom stereocenters. The van der Waals surface area contributed by atoms with Crippen molar-refractivity contribution in [3.63, 3.8) is 0 Å². The fourth-order valence-electron chi connectivity index (χ4n) is 2.06. The predicted molar refractivity (Wildman–Crippen MR) is 89.4 cm³/mol. The van der Waals surface area contributed by atoms with Gasteiger partial charge in [-0.2, -0.15) is 0 Å². The van der Waals surface area contributed by atoms with Crippen LogP contribution in [0.25, 0.3) is 0 Å². The van der Waals surface area contributed by atoms with E-state index in [1.807, 2.05) is 61.5 Å². The van der Waals surface area contributed by atoms with Gasteiger partial charge >= 0.3 is 0 Å². The van der Waals surface area contributed by atoms with Crippen LogP contribution >= 0.6 is 0 Å². The average Bonchev–Trinajstić information content (AvgIpc) is 2.54. The van der Waals surface area contributed by atoms with Crippen molar-refractivity contribution in [3.8, 4) is 0 Å². The monoisotopic (exact) mass is 296 g/mol. The first kappa shape index (κ1) is 15.8. The van der Waals surface area contributed by atoms with Crippen LogP contribution in [0.15, 0.2) is 54.6 Å². The number of amides is 1. The molecule has 0 heterocycles. The van der Waals surface area contributed by atoms with Crippen LogP contribution in [0.4, 0.5) is 11.4 Å². The highest BCUT2D eigenvalue weighted by Gasteiger charge is 2.09. The van der Waals surface area contributed by atoms with Crippen molar-refractivity contribution in [2.75, 3.05) is 24.3 Å². The maximum atomic E-state index is 11.9. The maximum absolute atomic E-state index is 11.9. The SMILES string of the molecule is CN(C)c1ccc(NC(=O)CCC(=O)c2ccccc2)cc1. The minimum atomic E-state index is -0.151. The number of carbonyl (C=O) groups is 2. The number of nitrogens with zero attached hydrogens (tertiary/aromatic N) is 1. The fraction of sp³-hybridized carbons (Fsp3) is 0.222. The number of ketones is 1. The Morgan fingerprint density at radius 1 is 0.909 bits per heavy atom. The molecule has 0 saturated carbocycles. The second-order valence-corrected chi connectivity index (χ2v) is 5.28. The Bertz CT molecular complexity index is 634. The van der Waals surface area contributed by atoms with Crippen LogP contribution in [0, 0.1) is 0 Å². The Hall–Kier alpha value is -2.62. The van der Waals surface area contributed by atoms with Crippen LogP contribution in [0.5, 0.6) is 0 Å². The molecule has 1 amide bonds. The lowest BCUT2D eigenvalue weighted by Crippen LogP contribution is -2.14. The molecule has 22 heavy (non-hydrogen) atoms. The topological polar surface area (TPSA) is 49.4 Å². The zero-order valence-electron chi connectivity index (χ0n) is 12.9. The molecular formula is C18H20N2O2. The van der Waals surface area contributed by atoms with Crippen molar-refractivity contribution in [3.05, 3.63) is 60.2 Å². The Kier molecular flexibility index (Phi) is 5.31. The van der Waals surface area contributed by atoms with Gasteiger partial charge in [0.25, 0.3) is 0 Å². The van der Waals surface area contributed by atoms with Crippen molar-refractivity contribution >= 4 is 23.1 Å². The van der Waals surface area contributed by atoms with E-state index in [0.717, 1.165) is 11.4 Å². The molecule has 2 rings (SSSR count). The number of Topliss-reactive ketones (excluding diaryl/α,β-unsaturated/α-hetero) is 1. The first-order chi connectivity index (χ1) is 10.6. The predicted octanol–water partition coefficient (Wildman–Crippen LogP) is 3.35. The zero-order chi connectivity index (χ0) is 15.9. The molecule has 4 heteroatoms. The second kappa shape index (κ2) is 7.41. The third kappa shape index (κ3) is 4.45. The van der Waals surface area contributed by atoms with E-state index in [-0.39, 0.29) is 24.5 Å². The van der Waals surface area contributed by atoms with E-state index < -0.39 is 0 Å². The van der Waals surface area contributed by atoms with Gasteiger partial charge < -0.3 is 10.2 Å². The van der Waals surface area contributed by atoms with Gasteiger partial charge in [0, 0.05) is 43.9 Å². The first-order valence-electron chi connectivity index (χ1n) is 7.22. The highest BCUT2D eigenvalue weighted by atomic mass is 16.2. The van der Waals surface area contributed by atoms with Crippen LogP contribution in [-0.2, 0) is 4.79 Å². The summed E-state index contributed by atoms with van der Waals surface area (Å²) in [6.07, 6.45) is 0.398. The molecule has 4 nitrogen and oxygen atoms in total. The van der Waals surface area contributed by atoms with Gasteiger partial charge in [0.15, 0.2) is 5.78 Å². The first-order valence-corrected chi connectivity index (χ1v) is 7.22. The summed E-state index contributed by atoms with van der Waals surface area (Å²) in [5, 5.41) is 2.81. The molecule has 0 radical (unpaired) electrons. The molecule has 0 aromatic heterocycles. The number of rotatable bonds is 6. The summed E-state index contributed by atoms with van der Waals surface area (Å²) in [4.78, 5) is 25.8. The van der Waals surface area contributed by atoms with Gasteiger partial charge in [-0.25, -0.2) is 0 Å². The summed E-state index contributed by atoms with van der Waals surface area (Å²) in [6, 6.07) is 16.6. The van der Waals surface area contributed by atoms with Gasteiger partial charge in [-0.15, -0.1) is 0 Å². The Morgan fingerprint density at radius 3 is 2.14 bits per heavy atom. The largest absolute Gasteiger partial charge is 0.378 e. The molecule has 1 N–H and O–H groups in total. The number of nitrogens with one attached hydrogen (secondary N) is 1. The molecule has 0 saturated heterocycles.